The summed E-state index contributed by atoms with van der Waals surface area (Å²) in [5.41, 5.74) is 5.60. The Labute approximate surface area is 94.1 Å². The fourth-order valence-electron chi connectivity index (χ4n) is 1.16. The van der Waals surface area contributed by atoms with Crippen molar-refractivity contribution in [1.82, 2.24) is 9.88 Å². The monoisotopic (exact) mass is 227 g/mol. The van der Waals surface area contributed by atoms with Crippen molar-refractivity contribution in [2.75, 3.05) is 7.05 Å². The Bertz CT molecular complexity index is 298. The first-order valence-corrected chi connectivity index (χ1v) is 5.85. The smallest absolute Gasteiger partial charge is 0.222 e. The van der Waals surface area contributed by atoms with Crippen molar-refractivity contribution < 1.29 is 4.79 Å². The predicted molar refractivity (Wildman–Crippen MR) is 61.5 cm³/mol. The number of aromatic nitrogens is 1. The number of nitrogens with two attached hydrogens (primary N) is 1. The number of amides is 1. The van der Waals surface area contributed by atoms with Gasteiger partial charge in [-0.2, -0.15) is 0 Å². The van der Waals surface area contributed by atoms with Crippen LogP contribution in [-0.4, -0.2) is 28.9 Å². The van der Waals surface area contributed by atoms with Crippen LogP contribution in [0.3, 0.4) is 0 Å². The largest absolute Gasteiger partial charge is 0.339 e. The van der Waals surface area contributed by atoms with Crippen LogP contribution >= 0.6 is 11.3 Å². The molecule has 0 bridgehead atoms. The van der Waals surface area contributed by atoms with Crippen molar-refractivity contribution in [1.29, 1.82) is 0 Å². The van der Waals surface area contributed by atoms with Gasteiger partial charge in [-0.25, -0.2) is 4.98 Å². The molecule has 0 fully saturated rings. The number of hydrogen-bond acceptors (Lipinski definition) is 4. The van der Waals surface area contributed by atoms with Crippen LogP contribution in [0.1, 0.15) is 24.8 Å². The fraction of sp³-hybridized carbons (Fsp3) is 0.600. The molecule has 0 aliphatic heterocycles. The van der Waals surface area contributed by atoms with E-state index in [1.165, 1.54) is 0 Å². The van der Waals surface area contributed by atoms with E-state index in [2.05, 4.69) is 4.98 Å². The molecule has 0 spiro atoms. The first kappa shape index (κ1) is 12.1. The third kappa shape index (κ3) is 4.40. The molecule has 2 N–H and O–H groups in total. The third-order valence-corrected chi connectivity index (χ3v) is 2.86. The Morgan fingerprint density at radius 1 is 1.73 bits per heavy atom. The molecule has 1 amide bonds. The SMILES string of the molecule is CC(N)CCC(=O)N(C)Cc1nccs1. The summed E-state index contributed by atoms with van der Waals surface area (Å²) >= 11 is 1.56. The van der Waals surface area contributed by atoms with E-state index in [0.717, 1.165) is 11.4 Å². The summed E-state index contributed by atoms with van der Waals surface area (Å²) in [6, 6.07) is 0.0854. The van der Waals surface area contributed by atoms with E-state index in [1.807, 2.05) is 12.3 Å². The van der Waals surface area contributed by atoms with E-state index in [9.17, 15) is 4.79 Å². The number of hydrogen-bond donors (Lipinski definition) is 1. The molecular weight excluding hydrogens is 210 g/mol. The maximum atomic E-state index is 11.6. The molecule has 1 aromatic rings. The summed E-state index contributed by atoms with van der Waals surface area (Å²) < 4.78 is 0. The van der Waals surface area contributed by atoms with Crippen LogP contribution in [0.25, 0.3) is 0 Å². The van der Waals surface area contributed by atoms with Gasteiger partial charge in [-0.1, -0.05) is 0 Å². The normalized spacial score (nSPS) is 12.5. The second-order valence-corrected chi connectivity index (χ2v) is 4.67. The Balaban J connectivity index is 2.33. The molecule has 0 saturated heterocycles. The summed E-state index contributed by atoms with van der Waals surface area (Å²) in [6.07, 6.45) is 3.00. The van der Waals surface area contributed by atoms with Crippen LogP contribution in [0.4, 0.5) is 0 Å². The number of carbonyl (C=O) groups excluding carboxylic acids is 1. The second-order valence-electron chi connectivity index (χ2n) is 3.69. The number of nitrogens with zero attached hydrogens (tertiary/aromatic N) is 2. The molecule has 1 rings (SSSR count). The van der Waals surface area contributed by atoms with Crippen LogP contribution in [0.5, 0.6) is 0 Å². The molecule has 0 aromatic carbocycles. The Hall–Kier alpha value is -0.940. The molecule has 84 valence electrons. The standard InChI is InChI=1S/C10H17N3OS/c1-8(11)3-4-10(14)13(2)7-9-12-5-6-15-9/h5-6,8H,3-4,7,11H2,1-2H3. The molecule has 0 radical (unpaired) electrons. The fourth-order valence-corrected chi connectivity index (χ4v) is 1.83. The van der Waals surface area contributed by atoms with Crippen LogP contribution in [0.2, 0.25) is 0 Å². The van der Waals surface area contributed by atoms with Crippen LogP contribution in [-0.2, 0) is 11.3 Å². The van der Waals surface area contributed by atoms with E-state index in [-0.39, 0.29) is 11.9 Å². The zero-order valence-electron chi connectivity index (χ0n) is 9.14. The van der Waals surface area contributed by atoms with Gasteiger partial charge in [-0.05, 0) is 13.3 Å². The van der Waals surface area contributed by atoms with Crippen molar-refractivity contribution >= 4 is 17.2 Å². The topological polar surface area (TPSA) is 59.2 Å². The van der Waals surface area contributed by atoms with Crippen LogP contribution < -0.4 is 5.73 Å². The van der Waals surface area contributed by atoms with Gasteiger partial charge in [0.1, 0.15) is 5.01 Å². The number of thiazole rings is 1. The van der Waals surface area contributed by atoms with Crippen molar-refractivity contribution in [2.45, 2.75) is 32.4 Å². The summed E-state index contributed by atoms with van der Waals surface area (Å²) in [5, 5.41) is 2.88. The number of rotatable bonds is 5. The zero-order chi connectivity index (χ0) is 11.3. The predicted octanol–water partition coefficient (Wildman–Crippen LogP) is 1.23. The minimum atomic E-state index is 0.0854. The van der Waals surface area contributed by atoms with Gasteiger partial charge in [0, 0.05) is 31.1 Å². The van der Waals surface area contributed by atoms with Gasteiger partial charge in [-0.15, -0.1) is 11.3 Å². The lowest BCUT2D eigenvalue weighted by molar-refractivity contribution is -0.130. The van der Waals surface area contributed by atoms with E-state index >= 15 is 0 Å². The average molecular weight is 227 g/mol. The molecule has 0 aliphatic rings. The molecule has 1 atom stereocenters. The first-order chi connectivity index (χ1) is 7.09. The van der Waals surface area contributed by atoms with Crippen molar-refractivity contribution in [3.63, 3.8) is 0 Å². The van der Waals surface area contributed by atoms with E-state index in [1.54, 1.807) is 29.5 Å². The molecule has 0 aliphatic carbocycles. The molecule has 1 heterocycles. The van der Waals surface area contributed by atoms with Crippen molar-refractivity contribution in [3.05, 3.63) is 16.6 Å². The van der Waals surface area contributed by atoms with Gasteiger partial charge >= 0.3 is 0 Å². The third-order valence-electron chi connectivity index (χ3n) is 2.10. The molecule has 5 heteroatoms. The van der Waals surface area contributed by atoms with Crippen molar-refractivity contribution in [2.24, 2.45) is 5.73 Å². The highest BCUT2D eigenvalue weighted by atomic mass is 32.1. The van der Waals surface area contributed by atoms with Gasteiger partial charge < -0.3 is 10.6 Å². The summed E-state index contributed by atoms with van der Waals surface area (Å²) in [5.74, 6) is 0.127. The maximum absolute atomic E-state index is 11.6. The second kappa shape index (κ2) is 5.82. The minimum Gasteiger partial charge on any atom is -0.339 e. The highest BCUT2D eigenvalue weighted by molar-refractivity contribution is 7.09. The van der Waals surface area contributed by atoms with E-state index < -0.39 is 0 Å². The van der Waals surface area contributed by atoms with Gasteiger partial charge in [0.2, 0.25) is 5.91 Å². The molecular formula is C10H17N3OS. The van der Waals surface area contributed by atoms with Crippen LogP contribution in [0, 0.1) is 0 Å². The van der Waals surface area contributed by atoms with E-state index in [4.69, 9.17) is 5.73 Å². The highest BCUT2D eigenvalue weighted by Gasteiger charge is 2.10. The maximum Gasteiger partial charge on any atom is 0.222 e. The molecule has 1 unspecified atom stereocenters. The van der Waals surface area contributed by atoms with Gasteiger partial charge in [0.15, 0.2) is 0 Å². The average Bonchev–Trinajstić information content (AvgIpc) is 2.66. The van der Waals surface area contributed by atoms with Gasteiger partial charge in [0.25, 0.3) is 0 Å². The van der Waals surface area contributed by atoms with Gasteiger partial charge in [0.05, 0.1) is 6.54 Å². The Morgan fingerprint density at radius 3 is 3.00 bits per heavy atom. The summed E-state index contributed by atoms with van der Waals surface area (Å²) in [4.78, 5) is 17.5. The molecule has 15 heavy (non-hydrogen) atoms. The Morgan fingerprint density at radius 2 is 2.47 bits per heavy atom. The van der Waals surface area contributed by atoms with Gasteiger partial charge in [-0.3, -0.25) is 4.79 Å². The first-order valence-electron chi connectivity index (χ1n) is 4.97. The van der Waals surface area contributed by atoms with E-state index in [0.29, 0.717) is 13.0 Å². The lowest BCUT2D eigenvalue weighted by Gasteiger charge is -2.16. The quantitative estimate of drug-likeness (QED) is 0.823. The van der Waals surface area contributed by atoms with Crippen LogP contribution in [0.15, 0.2) is 11.6 Å². The van der Waals surface area contributed by atoms with Crippen molar-refractivity contribution in [3.8, 4) is 0 Å². The molecule has 0 saturated carbocycles. The summed E-state index contributed by atoms with van der Waals surface area (Å²) in [7, 11) is 1.80. The lowest BCUT2D eigenvalue weighted by atomic mass is 10.2. The minimum absolute atomic E-state index is 0.0854. The zero-order valence-corrected chi connectivity index (χ0v) is 9.96. The highest BCUT2D eigenvalue weighted by Crippen LogP contribution is 2.08. The molecule has 4 nitrogen and oxygen atoms in total. The molecule has 1 aromatic heterocycles. The lowest BCUT2D eigenvalue weighted by Crippen LogP contribution is -2.27. The Kier molecular flexibility index (Phi) is 4.71. The summed E-state index contributed by atoms with van der Waals surface area (Å²) in [6.45, 7) is 2.50. The number of carbonyl (C=O) groups is 1.